The van der Waals surface area contributed by atoms with E-state index in [2.05, 4.69) is 4.98 Å². The summed E-state index contributed by atoms with van der Waals surface area (Å²) in [5, 5.41) is 10.4. The van der Waals surface area contributed by atoms with Crippen LogP contribution in [0.3, 0.4) is 0 Å². The number of aromatic carboxylic acids is 1. The maximum Gasteiger partial charge on any atom is 0.335 e. The quantitative estimate of drug-likeness (QED) is 0.530. The first-order valence-electron chi connectivity index (χ1n) is 8.29. The molecule has 26 heavy (non-hydrogen) atoms. The number of hydrogen-bond donors (Lipinski definition) is 2. The van der Waals surface area contributed by atoms with Gasteiger partial charge in [-0.2, -0.15) is 0 Å². The van der Waals surface area contributed by atoms with Crippen LogP contribution < -0.4 is 0 Å². The molecule has 2 N–H and O–H groups in total. The zero-order chi connectivity index (χ0) is 18.1. The van der Waals surface area contributed by atoms with Gasteiger partial charge in [0.15, 0.2) is 0 Å². The zero-order valence-electron chi connectivity index (χ0n) is 13.9. The van der Waals surface area contributed by atoms with E-state index < -0.39 is 5.97 Å². The molecule has 0 saturated carbocycles. The summed E-state index contributed by atoms with van der Waals surface area (Å²) in [6, 6.07) is 21.5. The summed E-state index contributed by atoms with van der Waals surface area (Å²) in [5.41, 5.74) is 4.98. The van der Waals surface area contributed by atoms with Crippen molar-refractivity contribution >= 4 is 16.9 Å². The number of halogens is 1. The highest BCUT2D eigenvalue weighted by molar-refractivity contribution is 5.90. The van der Waals surface area contributed by atoms with Gasteiger partial charge >= 0.3 is 5.97 Å². The predicted molar refractivity (Wildman–Crippen MR) is 99.9 cm³/mol. The highest BCUT2D eigenvalue weighted by atomic mass is 19.1. The van der Waals surface area contributed by atoms with Gasteiger partial charge in [0.05, 0.1) is 5.56 Å². The molecule has 0 radical (unpaired) electrons. The van der Waals surface area contributed by atoms with Crippen molar-refractivity contribution in [1.82, 2.24) is 4.98 Å². The van der Waals surface area contributed by atoms with Crippen molar-refractivity contribution in [2.45, 2.75) is 6.42 Å². The van der Waals surface area contributed by atoms with Crippen molar-refractivity contribution in [3.63, 3.8) is 0 Å². The Labute approximate surface area is 149 Å². The number of carboxylic acid groups (broad SMARTS) is 1. The van der Waals surface area contributed by atoms with Gasteiger partial charge < -0.3 is 10.1 Å². The van der Waals surface area contributed by atoms with Crippen LogP contribution in [0.25, 0.3) is 22.0 Å². The van der Waals surface area contributed by atoms with Gasteiger partial charge in [-0.3, -0.25) is 0 Å². The third kappa shape index (κ3) is 3.09. The Morgan fingerprint density at radius 3 is 2.42 bits per heavy atom. The molecule has 128 valence electrons. The molecule has 4 rings (SSSR count). The van der Waals surface area contributed by atoms with Crippen LogP contribution in [0.4, 0.5) is 4.39 Å². The lowest BCUT2D eigenvalue weighted by molar-refractivity contribution is 0.0696. The van der Waals surface area contributed by atoms with E-state index in [1.165, 1.54) is 12.1 Å². The number of aromatic nitrogens is 1. The zero-order valence-corrected chi connectivity index (χ0v) is 13.9. The third-order valence-electron chi connectivity index (χ3n) is 4.48. The molecule has 0 bridgehead atoms. The van der Waals surface area contributed by atoms with E-state index in [1.54, 1.807) is 24.3 Å². The van der Waals surface area contributed by atoms with E-state index >= 15 is 0 Å². The maximum atomic E-state index is 13.1. The first-order chi connectivity index (χ1) is 12.6. The van der Waals surface area contributed by atoms with Gasteiger partial charge in [-0.05, 0) is 53.1 Å². The average Bonchev–Trinajstić information content (AvgIpc) is 3.04. The number of rotatable bonds is 4. The Morgan fingerprint density at radius 1 is 0.923 bits per heavy atom. The Morgan fingerprint density at radius 2 is 1.65 bits per heavy atom. The second kappa shape index (κ2) is 6.48. The van der Waals surface area contributed by atoms with Crippen molar-refractivity contribution in [1.29, 1.82) is 0 Å². The molecule has 0 spiro atoms. The summed E-state index contributed by atoms with van der Waals surface area (Å²) in [6.45, 7) is 0. The Hall–Kier alpha value is -3.40. The fourth-order valence-corrected chi connectivity index (χ4v) is 3.20. The minimum Gasteiger partial charge on any atom is -0.478 e. The molecule has 4 heteroatoms. The molecule has 4 aromatic rings. The van der Waals surface area contributed by atoms with E-state index in [0.29, 0.717) is 12.0 Å². The van der Waals surface area contributed by atoms with Crippen LogP contribution in [0.5, 0.6) is 0 Å². The van der Waals surface area contributed by atoms with Crippen LogP contribution in [0.2, 0.25) is 0 Å². The van der Waals surface area contributed by atoms with E-state index in [1.807, 2.05) is 36.4 Å². The van der Waals surface area contributed by atoms with E-state index in [0.717, 1.165) is 33.3 Å². The number of carboxylic acids is 1. The van der Waals surface area contributed by atoms with E-state index in [9.17, 15) is 14.3 Å². The van der Waals surface area contributed by atoms with E-state index in [4.69, 9.17) is 0 Å². The summed E-state index contributed by atoms with van der Waals surface area (Å²) >= 11 is 0. The lowest BCUT2D eigenvalue weighted by Crippen LogP contribution is -2.02. The summed E-state index contributed by atoms with van der Waals surface area (Å²) in [6.07, 6.45) is 0.517. The Bertz CT molecular complexity index is 1100. The lowest BCUT2D eigenvalue weighted by atomic mass is 10.0. The first kappa shape index (κ1) is 16.1. The summed E-state index contributed by atoms with van der Waals surface area (Å²) in [7, 11) is 0. The van der Waals surface area contributed by atoms with Gasteiger partial charge in [0, 0.05) is 23.0 Å². The van der Waals surface area contributed by atoms with Crippen molar-refractivity contribution in [3.8, 4) is 11.1 Å². The molecule has 0 aliphatic heterocycles. The molecule has 3 aromatic carbocycles. The number of hydrogen-bond acceptors (Lipinski definition) is 1. The van der Waals surface area contributed by atoms with Crippen LogP contribution in [-0.4, -0.2) is 16.1 Å². The number of H-pyrrole nitrogens is 1. The molecule has 1 aromatic heterocycles. The summed E-state index contributed by atoms with van der Waals surface area (Å²) < 4.78 is 13.1. The van der Waals surface area contributed by atoms with Crippen molar-refractivity contribution < 1.29 is 14.3 Å². The first-order valence-corrected chi connectivity index (χ1v) is 8.29. The van der Waals surface area contributed by atoms with E-state index in [-0.39, 0.29) is 5.82 Å². The van der Waals surface area contributed by atoms with Crippen molar-refractivity contribution in [3.05, 3.63) is 95.4 Å². The number of aromatic amines is 1. The van der Waals surface area contributed by atoms with Crippen LogP contribution in [0.1, 0.15) is 21.6 Å². The van der Waals surface area contributed by atoms with Crippen LogP contribution in [-0.2, 0) is 6.42 Å². The van der Waals surface area contributed by atoms with Gasteiger partial charge in [0.1, 0.15) is 5.82 Å². The smallest absolute Gasteiger partial charge is 0.335 e. The molecule has 0 amide bonds. The SMILES string of the molecule is O=C(O)c1ccccc1Cc1cc2cc(-c3ccc(F)cc3)ccc2[nH]1. The molecule has 0 atom stereocenters. The van der Waals surface area contributed by atoms with Gasteiger partial charge in [-0.25, -0.2) is 9.18 Å². The maximum absolute atomic E-state index is 13.1. The monoisotopic (exact) mass is 345 g/mol. The molecular formula is C22H16FNO2. The molecule has 0 saturated heterocycles. The highest BCUT2D eigenvalue weighted by Gasteiger charge is 2.11. The predicted octanol–water partition coefficient (Wildman–Crippen LogP) is 5.26. The summed E-state index contributed by atoms with van der Waals surface area (Å²) in [4.78, 5) is 14.7. The average molecular weight is 345 g/mol. The van der Waals surface area contributed by atoms with Crippen molar-refractivity contribution in [2.75, 3.05) is 0 Å². The Balaban J connectivity index is 1.68. The molecule has 0 aliphatic carbocycles. The van der Waals surface area contributed by atoms with Gasteiger partial charge in [0.25, 0.3) is 0 Å². The summed E-state index contributed by atoms with van der Waals surface area (Å²) in [5.74, 6) is -1.17. The largest absolute Gasteiger partial charge is 0.478 e. The second-order valence-electron chi connectivity index (χ2n) is 6.24. The highest BCUT2D eigenvalue weighted by Crippen LogP contribution is 2.26. The number of nitrogens with one attached hydrogen (secondary N) is 1. The number of benzene rings is 3. The second-order valence-corrected chi connectivity index (χ2v) is 6.24. The molecular weight excluding hydrogens is 329 g/mol. The van der Waals surface area contributed by atoms with Crippen LogP contribution in [0.15, 0.2) is 72.8 Å². The normalized spacial score (nSPS) is 11.0. The third-order valence-corrected chi connectivity index (χ3v) is 4.48. The molecule has 0 unspecified atom stereocenters. The Kier molecular flexibility index (Phi) is 4.01. The number of fused-ring (bicyclic) bond motifs is 1. The van der Waals surface area contributed by atoms with Crippen molar-refractivity contribution in [2.24, 2.45) is 0 Å². The molecule has 0 fully saturated rings. The molecule has 1 heterocycles. The van der Waals surface area contributed by atoms with Crippen LogP contribution in [0, 0.1) is 5.82 Å². The molecule has 0 aliphatic rings. The fraction of sp³-hybridized carbons (Fsp3) is 0.0455. The fourth-order valence-electron chi connectivity index (χ4n) is 3.20. The standard InChI is InChI=1S/C22H16FNO2/c23-18-8-5-14(6-9-18)15-7-10-21-17(11-15)13-19(24-21)12-16-3-1-2-4-20(16)22(25)26/h1-11,13,24H,12H2,(H,25,26). The minimum absolute atomic E-state index is 0.254. The molecule has 3 nitrogen and oxygen atoms in total. The number of carbonyl (C=O) groups is 1. The lowest BCUT2D eigenvalue weighted by Gasteiger charge is -2.04. The topological polar surface area (TPSA) is 53.1 Å². The van der Waals surface area contributed by atoms with Gasteiger partial charge in [-0.1, -0.05) is 36.4 Å². The van der Waals surface area contributed by atoms with Crippen LogP contribution >= 0.6 is 0 Å². The van der Waals surface area contributed by atoms with Gasteiger partial charge in [-0.15, -0.1) is 0 Å². The van der Waals surface area contributed by atoms with Gasteiger partial charge in [0.2, 0.25) is 0 Å². The minimum atomic E-state index is -0.921.